The number of hydrogen-bond acceptors (Lipinski definition) is 2. The highest BCUT2D eigenvalue weighted by Gasteiger charge is 2.34. The van der Waals surface area contributed by atoms with Crippen LogP contribution >= 0.6 is 12.2 Å². The minimum Gasteiger partial charge on any atom is -0.489 e. The Morgan fingerprint density at radius 3 is 2.71 bits per heavy atom. The zero-order valence-corrected chi connectivity index (χ0v) is 17.5. The van der Waals surface area contributed by atoms with Gasteiger partial charge in [0.25, 0.3) is 0 Å². The Kier molecular flexibility index (Phi) is 7.10. The van der Waals surface area contributed by atoms with Gasteiger partial charge >= 0.3 is 0 Å². The van der Waals surface area contributed by atoms with Crippen LogP contribution in [0.2, 0.25) is 0 Å². The topological polar surface area (TPSA) is 33.3 Å². The predicted octanol–water partition coefficient (Wildman–Crippen LogP) is 5.79. The maximum absolute atomic E-state index is 5.65. The maximum Gasteiger partial charge on any atom is 0.171 e. The molecular formula is C24H30N2OS. The summed E-state index contributed by atoms with van der Waals surface area (Å²) in [5.74, 6) is 0.808. The van der Waals surface area contributed by atoms with Crippen molar-refractivity contribution in [1.29, 1.82) is 0 Å². The van der Waals surface area contributed by atoms with E-state index in [0.29, 0.717) is 11.7 Å². The zero-order valence-electron chi connectivity index (χ0n) is 16.7. The quantitative estimate of drug-likeness (QED) is 0.438. The van der Waals surface area contributed by atoms with Gasteiger partial charge < -0.3 is 15.4 Å². The van der Waals surface area contributed by atoms with Gasteiger partial charge in [-0.1, -0.05) is 61.4 Å². The summed E-state index contributed by atoms with van der Waals surface area (Å²) in [7, 11) is 0. The first-order chi connectivity index (χ1) is 13.6. The second kappa shape index (κ2) is 9.74. The van der Waals surface area contributed by atoms with Gasteiger partial charge in [-0.25, -0.2) is 0 Å². The lowest BCUT2D eigenvalue weighted by Gasteiger charge is -2.32. The Bertz CT molecular complexity index is 812. The SMILES string of the molecule is C=CCOc1cccc(NC(=S)NC2(CCc3cccc(C)c3)CCCC2)c1. The van der Waals surface area contributed by atoms with Crippen molar-refractivity contribution in [2.45, 2.75) is 51.0 Å². The van der Waals surface area contributed by atoms with Crippen molar-refractivity contribution in [2.75, 3.05) is 11.9 Å². The van der Waals surface area contributed by atoms with Crippen molar-refractivity contribution in [2.24, 2.45) is 0 Å². The van der Waals surface area contributed by atoms with Crippen LogP contribution in [0, 0.1) is 6.92 Å². The van der Waals surface area contributed by atoms with E-state index in [4.69, 9.17) is 17.0 Å². The van der Waals surface area contributed by atoms with Crippen molar-refractivity contribution in [1.82, 2.24) is 5.32 Å². The van der Waals surface area contributed by atoms with E-state index < -0.39 is 0 Å². The molecule has 4 heteroatoms. The highest BCUT2D eigenvalue weighted by Crippen LogP contribution is 2.34. The van der Waals surface area contributed by atoms with Crippen LogP contribution in [0.25, 0.3) is 0 Å². The lowest BCUT2D eigenvalue weighted by molar-refractivity contribution is 0.362. The highest BCUT2D eigenvalue weighted by atomic mass is 32.1. The summed E-state index contributed by atoms with van der Waals surface area (Å²) in [5, 5.41) is 7.67. The molecule has 0 bridgehead atoms. The number of thiocarbonyl (C=S) groups is 1. The number of ether oxygens (including phenoxy) is 1. The second-order valence-corrected chi connectivity index (χ2v) is 8.09. The fourth-order valence-corrected chi connectivity index (χ4v) is 4.30. The van der Waals surface area contributed by atoms with Gasteiger partial charge in [0.05, 0.1) is 0 Å². The van der Waals surface area contributed by atoms with E-state index in [-0.39, 0.29) is 5.54 Å². The Balaban J connectivity index is 1.60. The molecule has 0 heterocycles. The molecule has 1 fully saturated rings. The molecule has 0 unspecified atom stereocenters. The standard InChI is InChI=1S/C24H30N2OS/c1-3-16-27-22-11-7-10-21(18-22)25-23(28)26-24(13-4-5-14-24)15-12-20-9-6-8-19(2)17-20/h3,6-11,17-18H,1,4-5,12-16H2,2H3,(H2,25,26,28). The van der Waals surface area contributed by atoms with Crippen LogP contribution in [0.1, 0.15) is 43.2 Å². The summed E-state index contributed by atoms with van der Waals surface area (Å²) in [6, 6.07) is 16.7. The summed E-state index contributed by atoms with van der Waals surface area (Å²) in [6.07, 6.45) is 8.77. The summed E-state index contributed by atoms with van der Waals surface area (Å²) in [5.41, 5.74) is 3.75. The highest BCUT2D eigenvalue weighted by molar-refractivity contribution is 7.80. The largest absolute Gasteiger partial charge is 0.489 e. The molecule has 3 nitrogen and oxygen atoms in total. The molecule has 0 aliphatic heterocycles. The van der Waals surface area contributed by atoms with Crippen LogP contribution in [-0.2, 0) is 6.42 Å². The molecule has 2 N–H and O–H groups in total. The fourth-order valence-electron chi connectivity index (χ4n) is 3.96. The van der Waals surface area contributed by atoms with E-state index in [2.05, 4.69) is 48.4 Å². The second-order valence-electron chi connectivity index (χ2n) is 7.68. The van der Waals surface area contributed by atoms with Gasteiger partial charge in [0.1, 0.15) is 12.4 Å². The maximum atomic E-state index is 5.65. The van der Waals surface area contributed by atoms with Gasteiger partial charge in [0.15, 0.2) is 5.11 Å². The molecule has 0 saturated heterocycles. The average Bonchev–Trinajstić information content (AvgIpc) is 3.13. The Morgan fingerprint density at radius 2 is 1.96 bits per heavy atom. The van der Waals surface area contributed by atoms with Gasteiger partial charge in [-0.05, 0) is 62.5 Å². The summed E-state index contributed by atoms with van der Waals surface area (Å²) < 4.78 is 5.61. The fraction of sp³-hybridized carbons (Fsp3) is 0.375. The number of nitrogens with one attached hydrogen (secondary N) is 2. The van der Waals surface area contributed by atoms with Crippen molar-refractivity contribution in [3.63, 3.8) is 0 Å². The third-order valence-corrected chi connectivity index (χ3v) is 5.58. The van der Waals surface area contributed by atoms with Crippen LogP contribution in [0.4, 0.5) is 5.69 Å². The van der Waals surface area contributed by atoms with Gasteiger partial charge in [0.2, 0.25) is 0 Å². The van der Waals surface area contributed by atoms with Crippen LogP contribution in [-0.4, -0.2) is 17.3 Å². The van der Waals surface area contributed by atoms with E-state index in [1.807, 2.05) is 24.3 Å². The smallest absolute Gasteiger partial charge is 0.171 e. The van der Waals surface area contributed by atoms with E-state index in [1.54, 1.807) is 6.08 Å². The molecular weight excluding hydrogens is 364 g/mol. The molecule has 0 amide bonds. The molecule has 0 radical (unpaired) electrons. The van der Waals surface area contributed by atoms with Gasteiger partial charge in [-0.15, -0.1) is 0 Å². The van der Waals surface area contributed by atoms with Crippen LogP contribution in [0.3, 0.4) is 0 Å². The third-order valence-electron chi connectivity index (χ3n) is 5.37. The normalized spacial score (nSPS) is 15.0. The van der Waals surface area contributed by atoms with Gasteiger partial charge in [0, 0.05) is 17.3 Å². The minimum atomic E-state index is 0.0881. The van der Waals surface area contributed by atoms with Crippen LogP contribution < -0.4 is 15.4 Å². The molecule has 0 aromatic heterocycles. The number of rotatable bonds is 8. The van der Waals surface area contributed by atoms with E-state index in [1.165, 1.54) is 36.8 Å². The van der Waals surface area contributed by atoms with Crippen molar-refractivity contribution >= 4 is 23.0 Å². The molecule has 2 aromatic carbocycles. The monoisotopic (exact) mass is 394 g/mol. The van der Waals surface area contributed by atoms with E-state index >= 15 is 0 Å². The zero-order chi connectivity index (χ0) is 19.8. The molecule has 1 aliphatic rings. The molecule has 28 heavy (non-hydrogen) atoms. The predicted molar refractivity (Wildman–Crippen MR) is 122 cm³/mol. The summed E-state index contributed by atoms with van der Waals surface area (Å²) >= 11 is 5.65. The molecule has 1 saturated carbocycles. The van der Waals surface area contributed by atoms with Crippen molar-refractivity contribution in [3.05, 3.63) is 72.3 Å². The third kappa shape index (κ3) is 5.83. The molecule has 2 aromatic rings. The van der Waals surface area contributed by atoms with E-state index in [0.717, 1.165) is 24.3 Å². The summed E-state index contributed by atoms with van der Waals surface area (Å²) in [6.45, 7) is 6.33. The number of anilines is 1. The first-order valence-electron chi connectivity index (χ1n) is 10.1. The first-order valence-corrected chi connectivity index (χ1v) is 10.5. The Hall–Kier alpha value is -2.33. The number of benzene rings is 2. The average molecular weight is 395 g/mol. The Labute approximate surface area is 174 Å². The van der Waals surface area contributed by atoms with Crippen molar-refractivity contribution in [3.8, 4) is 5.75 Å². The first kappa shape index (κ1) is 20.4. The van der Waals surface area contributed by atoms with Crippen LogP contribution in [0.15, 0.2) is 61.2 Å². The lowest BCUT2D eigenvalue weighted by Crippen LogP contribution is -2.48. The molecule has 1 aliphatic carbocycles. The molecule has 148 valence electrons. The molecule has 0 spiro atoms. The molecule has 0 atom stereocenters. The molecule has 3 rings (SSSR count). The minimum absolute atomic E-state index is 0.0881. The number of hydrogen-bond donors (Lipinski definition) is 2. The number of aryl methyl sites for hydroxylation is 2. The Morgan fingerprint density at radius 1 is 1.18 bits per heavy atom. The summed E-state index contributed by atoms with van der Waals surface area (Å²) in [4.78, 5) is 0. The lowest BCUT2D eigenvalue weighted by atomic mass is 9.89. The van der Waals surface area contributed by atoms with Crippen molar-refractivity contribution < 1.29 is 4.74 Å². The van der Waals surface area contributed by atoms with E-state index in [9.17, 15) is 0 Å². The van der Waals surface area contributed by atoms with Gasteiger partial charge in [-0.2, -0.15) is 0 Å². The van der Waals surface area contributed by atoms with Crippen LogP contribution in [0.5, 0.6) is 5.75 Å². The van der Waals surface area contributed by atoms with Gasteiger partial charge in [-0.3, -0.25) is 0 Å².